The molecule has 0 radical (unpaired) electrons. The summed E-state index contributed by atoms with van der Waals surface area (Å²) in [6.07, 6.45) is 2.42. The molecule has 0 amide bonds. The molecule has 3 saturated heterocycles. The van der Waals surface area contributed by atoms with Gasteiger partial charge in [-0.3, -0.25) is 23.4 Å². The highest BCUT2D eigenvalue weighted by atomic mass is 32.2. The molecule has 9 nitrogen and oxygen atoms in total. The number of hydrogen-bond donors (Lipinski definition) is 2. The zero-order chi connectivity index (χ0) is 18.9. The van der Waals surface area contributed by atoms with Gasteiger partial charge in [-0.25, -0.2) is 18.8 Å². The molecule has 4 heterocycles. The molecule has 2 N–H and O–H groups in total. The van der Waals surface area contributed by atoms with Crippen molar-refractivity contribution in [3.63, 3.8) is 0 Å². The number of thioether (sulfide) groups is 1. The Morgan fingerprint density at radius 3 is 2.78 bits per heavy atom. The van der Waals surface area contributed by atoms with Crippen LogP contribution in [0.1, 0.15) is 31.9 Å². The molecular weight excluding hydrogens is 400 g/mol. The Bertz CT molecular complexity index is 931. The molecule has 1 aromatic rings. The van der Waals surface area contributed by atoms with Gasteiger partial charge in [-0.05, 0) is 25.0 Å². The van der Waals surface area contributed by atoms with Crippen molar-refractivity contribution in [1.82, 2.24) is 14.6 Å². The number of H-pyrrole nitrogens is 1. The van der Waals surface area contributed by atoms with Gasteiger partial charge in [-0.1, -0.05) is 6.42 Å². The summed E-state index contributed by atoms with van der Waals surface area (Å²) in [5.74, 6) is -1.60. The lowest BCUT2D eigenvalue weighted by atomic mass is 9.93. The van der Waals surface area contributed by atoms with Crippen molar-refractivity contribution in [2.45, 2.75) is 54.7 Å². The summed E-state index contributed by atoms with van der Waals surface area (Å²) in [7, 11) is -3.67. The number of aromatic amines is 1. The van der Waals surface area contributed by atoms with Crippen molar-refractivity contribution in [2.24, 2.45) is 0 Å². The molecule has 4 fully saturated rings. The number of halogens is 1. The van der Waals surface area contributed by atoms with Gasteiger partial charge in [0.2, 0.25) is 0 Å². The van der Waals surface area contributed by atoms with Gasteiger partial charge < -0.3 is 4.74 Å². The van der Waals surface area contributed by atoms with Crippen LogP contribution in [0.4, 0.5) is 4.39 Å². The highest BCUT2D eigenvalue weighted by Crippen LogP contribution is 2.67. The van der Waals surface area contributed by atoms with E-state index in [2.05, 4.69) is 10.1 Å². The van der Waals surface area contributed by atoms with Crippen LogP contribution in [0.3, 0.4) is 0 Å². The first-order valence-electron chi connectivity index (χ1n) is 8.87. The quantitative estimate of drug-likeness (QED) is 0.705. The van der Waals surface area contributed by atoms with Crippen molar-refractivity contribution in [3.8, 4) is 0 Å². The predicted molar refractivity (Wildman–Crippen MR) is 94.3 cm³/mol. The van der Waals surface area contributed by atoms with E-state index in [0.717, 1.165) is 29.6 Å². The number of nitrogens with one attached hydrogen (secondary N) is 2. The number of hydrogen-bond acceptors (Lipinski definition) is 7. The molecule has 12 heteroatoms. The zero-order valence-electron chi connectivity index (χ0n) is 14.3. The maximum atomic E-state index is 15.6. The summed E-state index contributed by atoms with van der Waals surface area (Å²) < 4.78 is 45.4. The largest absolute Gasteiger partial charge is 0.406 e. The van der Waals surface area contributed by atoms with Crippen LogP contribution in [0.15, 0.2) is 21.9 Å². The Labute approximate surface area is 157 Å². The lowest BCUT2D eigenvalue weighted by molar-refractivity contribution is -0.215. The van der Waals surface area contributed by atoms with E-state index in [-0.39, 0.29) is 6.04 Å². The third kappa shape index (κ3) is 2.71. The normalized spacial score (nSPS) is 43.9. The summed E-state index contributed by atoms with van der Waals surface area (Å²) in [6, 6.07) is 1.21. The molecule has 5 rings (SSSR count). The fraction of sp³-hybridized carbons (Fsp3) is 0.733. The number of ether oxygens (including phenoxy) is 1. The Kier molecular flexibility index (Phi) is 4.03. The second-order valence-corrected chi connectivity index (χ2v) is 10.5. The number of alkyl halides is 1. The molecule has 3 aliphatic heterocycles. The molecule has 0 bridgehead atoms. The lowest BCUT2D eigenvalue weighted by Crippen LogP contribution is -2.57. The number of fused-ring (bicyclic) bond motifs is 2. The van der Waals surface area contributed by atoms with Crippen LogP contribution in [0.2, 0.25) is 0 Å². The number of nitrogens with zero attached hydrogens (tertiary/aromatic N) is 1. The minimum atomic E-state index is -3.67. The van der Waals surface area contributed by atoms with Gasteiger partial charge >= 0.3 is 13.4 Å². The van der Waals surface area contributed by atoms with Crippen LogP contribution in [0, 0.1) is 0 Å². The first kappa shape index (κ1) is 18.1. The average molecular weight is 419 g/mol. The fourth-order valence-electron chi connectivity index (χ4n) is 3.93. The molecule has 1 unspecified atom stereocenters. The zero-order valence-corrected chi connectivity index (χ0v) is 16.0. The summed E-state index contributed by atoms with van der Waals surface area (Å²) in [6.45, 7) is -0.550. The van der Waals surface area contributed by atoms with Crippen LogP contribution in [-0.4, -0.2) is 44.7 Å². The Hall–Kier alpha value is -0.970. The molecule has 5 atom stereocenters. The first-order valence-corrected chi connectivity index (χ1v) is 11.4. The van der Waals surface area contributed by atoms with E-state index in [9.17, 15) is 14.2 Å². The van der Waals surface area contributed by atoms with E-state index < -0.39 is 48.5 Å². The summed E-state index contributed by atoms with van der Waals surface area (Å²) in [4.78, 5) is 25.8. The fourth-order valence-corrected chi connectivity index (χ4v) is 7.23. The first-order chi connectivity index (χ1) is 12.8. The highest BCUT2D eigenvalue weighted by Gasteiger charge is 2.73. The van der Waals surface area contributed by atoms with Crippen LogP contribution in [0.5, 0.6) is 0 Å². The SMILES string of the molecule is O=c1ccn([C@@H]2O[C@]3(F)COP(=O)(NC4CCC4)O[C@H]3[C@]23CCS3)c(=O)[nH]1. The third-order valence-corrected chi connectivity index (χ3v) is 8.85. The molecule has 1 spiro atoms. The van der Waals surface area contributed by atoms with Gasteiger partial charge in [0, 0.05) is 18.3 Å². The summed E-state index contributed by atoms with van der Waals surface area (Å²) >= 11 is 1.41. The van der Waals surface area contributed by atoms with Crippen LogP contribution < -0.4 is 16.3 Å². The Morgan fingerprint density at radius 2 is 2.19 bits per heavy atom. The minimum Gasteiger partial charge on any atom is -0.316 e. The molecule has 27 heavy (non-hydrogen) atoms. The van der Waals surface area contributed by atoms with Gasteiger partial charge in [-0.2, -0.15) is 0 Å². The maximum Gasteiger partial charge on any atom is 0.406 e. The van der Waals surface area contributed by atoms with E-state index in [1.165, 1.54) is 24.0 Å². The molecule has 1 aliphatic carbocycles. The van der Waals surface area contributed by atoms with Crippen molar-refractivity contribution in [1.29, 1.82) is 0 Å². The standard InChI is InChI=1S/C15H19FN3O6PS/c16-15-8-23-26(22,18-9-2-1-3-9)25-11(15)14(5-7-27-14)12(24-15)19-6-4-10(20)17-13(19)21/h4,6,9,11-12H,1-3,5,7-8H2,(H,18,22)(H,17,20,21)/t11-,12+,14+,15+,26?/m0/s1. The second-order valence-electron chi connectivity index (χ2n) is 7.34. The molecule has 0 aromatic carbocycles. The van der Waals surface area contributed by atoms with Crippen molar-refractivity contribution >= 4 is 19.5 Å². The second kappa shape index (κ2) is 6.01. The Balaban J connectivity index is 1.50. The molecular formula is C15H19FN3O6PS. The topological polar surface area (TPSA) is 112 Å². The smallest absolute Gasteiger partial charge is 0.316 e. The van der Waals surface area contributed by atoms with E-state index in [1.54, 1.807) is 0 Å². The van der Waals surface area contributed by atoms with Crippen LogP contribution >= 0.6 is 19.5 Å². The van der Waals surface area contributed by atoms with E-state index in [1.807, 2.05) is 0 Å². The van der Waals surface area contributed by atoms with Crippen LogP contribution in [0.25, 0.3) is 0 Å². The lowest BCUT2D eigenvalue weighted by Gasteiger charge is -2.47. The summed E-state index contributed by atoms with van der Waals surface area (Å²) in [5.41, 5.74) is -1.25. The molecule has 1 aromatic heterocycles. The molecule has 4 aliphatic rings. The van der Waals surface area contributed by atoms with Gasteiger partial charge in [-0.15, -0.1) is 11.8 Å². The number of aromatic nitrogens is 2. The summed E-state index contributed by atoms with van der Waals surface area (Å²) in [5, 5.41) is 2.88. The minimum absolute atomic E-state index is 0.0351. The van der Waals surface area contributed by atoms with Crippen LogP contribution in [-0.2, 0) is 18.3 Å². The van der Waals surface area contributed by atoms with Gasteiger partial charge in [0.25, 0.3) is 11.4 Å². The predicted octanol–water partition coefficient (Wildman–Crippen LogP) is 1.27. The monoisotopic (exact) mass is 419 g/mol. The molecule has 1 saturated carbocycles. The Morgan fingerprint density at radius 1 is 1.41 bits per heavy atom. The molecule has 148 valence electrons. The third-order valence-electron chi connectivity index (χ3n) is 5.65. The average Bonchev–Trinajstić information content (AvgIpc) is 2.80. The van der Waals surface area contributed by atoms with E-state index >= 15 is 4.39 Å². The van der Waals surface area contributed by atoms with Crippen molar-refractivity contribution in [2.75, 3.05) is 12.4 Å². The van der Waals surface area contributed by atoms with Gasteiger partial charge in [0.1, 0.15) is 12.7 Å². The van der Waals surface area contributed by atoms with E-state index in [0.29, 0.717) is 6.42 Å². The van der Waals surface area contributed by atoms with E-state index in [4.69, 9.17) is 13.8 Å². The maximum absolute atomic E-state index is 15.6. The van der Waals surface area contributed by atoms with Crippen molar-refractivity contribution < 1.29 is 22.7 Å². The highest BCUT2D eigenvalue weighted by molar-refractivity contribution is 8.02. The van der Waals surface area contributed by atoms with Crippen molar-refractivity contribution in [3.05, 3.63) is 33.1 Å². The van der Waals surface area contributed by atoms with Gasteiger partial charge in [0.15, 0.2) is 6.23 Å². The van der Waals surface area contributed by atoms with Gasteiger partial charge in [0.05, 0.1) is 4.75 Å². The number of rotatable bonds is 3.